The molecule has 1 atom stereocenters. The standard InChI is InChI=1S/C17H22N4OS2/c1-11(2)18-16-19-20-17(24-16)23-12(3)15(22)21-10-6-8-13-7-4-5-9-14(13)21/h4-5,7,9,11-12H,6,8,10H2,1-3H3,(H,18,19). The number of amides is 1. The Balaban J connectivity index is 1.68. The number of hydrogen-bond donors (Lipinski definition) is 1. The molecule has 1 aromatic heterocycles. The van der Waals surface area contributed by atoms with E-state index in [1.807, 2.05) is 30.0 Å². The van der Waals surface area contributed by atoms with Crippen molar-refractivity contribution in [1.29, 1.82) is 0 Å². The molecule has 1 aliphatic heterocycles. The number of rotatable bonds is 5. The van der Waals surface area contributed by atoms with E-state index in [-0.39, 0.29) is 11.2 Å². The zero-order valence-corrected chi connectivity index (χ0v) is 15.8. The van der Waals surface area contributed by atoms with Crippen LogP contribution in [0.3, 0.4) is 0 Å². The zero-order valence-electron chi connectivity index (χ0n) is 14.2. The summed E-state index contributed by atoms with van der Waals surface area (Å²) >= 11 is 2.98. The molecule has 0 aliphatic carbocycles. The first-order valence-electron chi connectivity index (χ1n) is 8.20. The van der Waals surface area contributed by atoms with Crippen molar-refractivity contribution >= 4 is 39.8 Å². The number of fused-ring (bicyclic) bond motifs is 1. The third-order valence-electron chi connectivity index (χ3n) is 3.82. The lowest BCUT2D eigenvalue weighted by Gasteiger charge is -2.31. The lowest BCUT2D eigenvalue weighted by atomic mass is 10.0. The van der Waals surface area contributed by atoms with Crippen LogP contribution in [0.25, 0.3) is 0 Å². The summed E-state index contributed by atoms with van der Waals surface area (Å²) in [5.41, 5.74) is 2.31. The molecule has 1 aromatic carbocycles. The number of carbonyl (C=O) groups is 1. The molecule has 1 amide bonds. The normalized spacial score (nSPS) is 15.2. The highest BCUT2D eigenvalue weighted by Gasteiger charge is 2.27. The van der Waals surface area contributed by atoms with E-state index in [0.29, 0.717) is 6.04 Å². The van der Waals surface area contributed by atoms with Crippen molar-refractivity contribution in [2.75, 3.05) is 16.8 Å². The van der Waals surface area contributed by atoms with Crippen molar-refractivity contribution < 1.29 is 4.79 Å². The summed E-state index contributed by atoms with van der Waals surface area (Å²) in [6.07, 6.45) is 2.06. The molecular weight excluding hydrogens is 340 g/mol. The molecule has 7 heteroatoms. The van der Waals surface area contributed by atoms with Crippen LogP contribution in [-0.2, 0) is 11.2 Å². The van der Waals surface area contributed by atoms with Crippen LogP contribution in [0, 0.1) is 0 Å². The molecule has 1 N–H and O–H groups in total. The molecule has 0 radical (unpaired) electrons. The van der Waals surface area contributed by atoms with E-state index < -0.39 is 0 Å². The highest BCUT2D eigenvalue weighted by Crippen LogP contribution is 2.33. The van der Waals surface area contributed by atoms with E-state index in [1.165, 1.54) is 28.7 Å². The van der Waals surface area contributed by atoms with Crippen LogP contribution in [0.1, 0.15) is 32.8 Å². The van der Waals surface area contributed by atoms with Gasteiger partial charge in [0.25, 0.3) is 0 Å². The van der Waals surface area contributed by atoms with E-state index in [2.05, 4.69) is 35.4 Å². The van der Waals surface area contributed by atoms with Gasteiger partial charge in [0.05, 0.1) is 5.25 Å². The fourth-order valence-electron chi connectivity index (χ4n) is 2.75. The van der Waals surface area contributed by atoms with Gasteiger partial charge in [-0.05, 0) is 45.2 Å². The number of aromatic nitrogens is 2. The van der Waals surface area contributed by atoms with Gasteiger partial charge in [-0.25, -0.2) is 0 Å². The van der Waals surface area contributed by atoms with Gasteiger partial charge < -0.3 is 10.2 Å². The monoisotopic (exact) mass is 362 g/mol. The summed E-state index contributed by atoms with van der Waals surface area (Å²) in [5, 5.41) is 12.2. The molecule has 0 spiro atoms. The lowest BCUT2D eigenvalue weighted by molar-refractivity contribution is -0.117. The van der Waals surface area contributed by atoms with Crippen LogP contribution < -0.4 is 10.2 Å². The average Bonchev–Trinajstić information content (AvgIpc) is 2.99. The molecule has 2 aromatic rings. The van der Waals surface area contributed by atoms with Gasteiger partial charge in [0, 0.05) is 18.3 Å². The van der Waals surface area contributed by atoms with Crippen molar-refractivity contribution in [2.45, 2.75) is 49.2 Å². The lowest BCUT2D eigenvalue weighted by Crippen LogP contribution is -2.40. The van der Waals surface area contributed by atoms with Gasteiger partial charge in [0.2, 0.25) is 11.0 Å². The van der Waals surface area contributed by atoms with Gasteiger partial charge in [-0.2, -0.15) is 0 Å². The molecule has 1 unspecified atom stereocenters. The largest absolute Gasteiger partial charge is 0.358 e. The van der Waals surface area contributed by atoms with E-state index in [1.54, 1.807) is 0 Å². The summed E-state index contributed by atoms with van der Waals surface area (Å²) < 4.78 is 0.823. The van der Waals surface area contributed by atoms with Crippen LogP contribution in [0.2, 0.25) is 0 Å². The number of nitrogens with zero attached hydrogens (tertiary/aromatic N) is 3. The third kappa shape index (κ3) is 3.89. The van der Waals surface area contributed by atoms with Crippen molar-refractivity contribution in [1.82, 2.24) is 10.2 Å². The maximum Gasteiger partial charge on any atom is 0.240 e. The smallest absolute Gasteiger partial charge is 0.240 e. The van der Waals surface area contributed by atoms with Gasteiger partial charge in [-0.3, -0.25) is 4.79 Å². The minimum atomic E-state index is -0.184. The number of nitrogens with one attached hydrogen (secondary N) is 1. The summed E-state index contributed by atoms with van der Waals surface area (Å²) in [7, 11) is 0. The summed E-state index contributed by atoms with van der Waals surface area (Å²) in [6, 6.07) is 8.51. The molecule has 0 saturated heterocycles. The number of thioether (sulfide) groups is 1. The summed E-state index contributed by atoms with van der Waals surface area (Å²) in [5.74, 6) is 0.140. The second-order valence-electron chi connectivity index (χ2n) is 6.15. The Labute approximate surface area is 150 Å². The fourth-order valence-corrected chi connectivity index (χ4v) is 4.85. The number of hydrogen-bond acceptors (Lipinski definition) is 6. The van der Waals surface area contributed by atoms with E-state index in [0.717, 1.165) is 34.5 Å². The van der Waals surface area contributed by atoms with E-state index in [4.69, 9.17) is 0 Å². The molecule has 0 saturated carbocycles. The van der Waals surface area contributed by atoms with Crippen molar-refractivity contribution in [3.8, 4) is 0 Å². The summed E-state index contributed by atoms with van der Waals surface area (Å²) in [4.78, 5) is 14.8. The molecule has 2 heterocycles. The second-order valence-corrected chi connectivity index (χ2v) is 8.72. The van der Waals surface area contributed by atoms with Crippen LogP contribution >= 0.6 is 23.1 Å². The van der Waals surface area contributed by atoms with Crippen molar-refractivity contribution in [3.05, 3.63) is 29.8 Å². The Kier molecular flexibility index (Phi) is 5.40. The Hall–Kier alpha value is -1.60. The number of aryl methyl sites for hydroxylation is 1. The van der Waals surface area contributed by atoms with Gasteiger partial charge in [0.15, 0.2) is 4.34 Å². The van der Waals surface area contributed by atoms with Gasteiger partial charge >= 0.3 is 0 Å². The summed E-state index contributed by atoms with van der Waals surface area (Å²) in [6.45, 7) is 6.86. The Bertz CT molecular complexity index is 716. The molecule has 128 valence electrons. The molecule has 0 fully saturated rings. The fraction of sp³-hybridized carbons (Fsp3) is 0.471. The molecule has 1 aliphatic rings. The number of carbonyl (C=O) groups excluding carboxylic acids is 1. The number of benzene rings is 1. The van der Waals surface area contributed by atoms with Crippen molar-refractivity contribution in [2.24, 2.45) is 0 Å². The Morgan fingerprint density at radius 2 is 2.08 bits per heavy atom. The minimum Gasteiger partial charge on any atom is -0.358 e. The van der Waals surface area contributed by atoms with E-state index in [9.17, 15) is 4.79 Å². The van der Waals surface area contributed by atoms with Gasteiger partial charge in [-0.15, -0.1) is 10.2 Å². The minimum absolute atomic E-state index is 0.140. The van der Waals surface area contributed by atoms with Crippen LogP contribution in [-0.4, -0.2) is 33.9 Å². The molecule has 0 bridgehead atoms. The second kappa shape index (κ2) is 7.53. The SMILES string of the molecule is CC(C)Nc1nnc(SC(C)C(=O)N2CCCc3ccccc32)s1. The number of para-hydroxylation sites is 1. The molecule has 3 rings (SSSR count). The first-order chi connectivity index (χ1) is 11.5. The Morgan fingerprint density at radius 3 is 2.88 bits per heavy atom. The third-order valence-corrected chi connectivity index (χ3v) is 5.85. The average molecular weight is 363 g/mol. The first-order valence-corrected chi connectivity index (χ1v) is 9.90. The molecule has 5 nitrogen and oxygen atoms in total. The van der Waals surface area contributed by atoms with Crippen LogP contribution in [0.15, 0.2) is 28.6 Å². The molecule has 24 heavy (non-hydrogen) atoms. The van der Waals surface area contributed by atoms with Crippen molar-refractivity contribution in [3.63, 3.8) is 0 Å². The predicted octanol–water partition coefficient (Wildman–Crippen LogP) is 3.82. The van der Waals surface area contributed by atoms with E-state index >= 15 is 0 Å². The maximum atomic E-state index is 12.9. The van der Waals surface area contributed by atoms with Crippen LogP contribution in [0.4, 0.5) is 10.8 Å². The topological polar surface area (TPSA) is 58.1 Å². The number of anilines is 2. The molecular formula is C17H22N4OS2. The first kappa shape index (κ1) is 17.2. The quantitative estimate of drug-likeness (QED) is 0.820. The maximum absolute atomic E-state index is 12.9. The highest BCUT2D eigenvalue weighted by atomic mass is 32.2. The van der Waals surface area contributed by atoms with Gasteiger partial charge in [-0.1, -0.05) is 41.3 Å². The highest BCUT2D eigenvalue weighted by molar-refractivity contribution is 8.02. The van der Waals surface area contributed by atoms with Gasteiger partial charge in [0.1, 0.15) is 0 Å². The zero-order chi connectivity index (χ0) is 17.1. The van der Waals surface area contributed by atoms with Crippen LogP contribution in [0.5, 0.6) is 0 Å². The Morgan fingerprint density at radius 1 is 1.29 bits per heavy atom. The predicted molar refractivity (Wildman–Crippen MR) is 101 cm³/mol.